The Labute approximate surface area is 226 Å². The fraction of sp³-hybridized carbons (Fsp3) is 0.370. The van der Waals surface area contributed by atoms with Gasteiger partial charge in [0, 0.05) is 78.1 Å². The molecule has 0 aliphatic carbocycles. The molecule has 0 saturated carbocycles. The zero-order valence-corrected chi connectivity index (χ0v) is 22.8. The number of pyridine rings is 2. The third-order valence-corrected chi connectivity index (χ3v) is 7.02. The summed E-state index contributed by atoms with van der Waals surface area (Å²) in [6.07, 6.45) is 3.87. The van der Waals surface area contributed by atoms with Crippen molar-refractivity contribution in [1.29, 1.82) is 5.41 Å². The number of rotatable bonds is 9. The number of nitrogens with two attached hydrogens (primary N) is 1. The molecule has 7 nitrogen and oxygen atoms in total. The third-order valence-electron chi connectivity index (χ3n) is 6.42. The molecular weight excluding hydrogens is 514 g/mol. The zero-order chi connectivity index (χ0) is 26.9. The first-order chi connectivity index (χ1) is 17.5. The summed E-state index contributed by atoms with van der Waals surface area (Å²) in [6, 6.07) is 6.74. The van der Waals surface area contributed by atoms with Crippen LogP contribution >= 0.6 is 23.2 Å². The lowest BCUT2D eigenvalue weighted by Crippen LogP contribution is -2.59. The van der Waals surface area contributed by atoms with Crippen molar-refractivity contribution in [1.82, 2.24) is 15.3 Å². The molecule has 0 amide bonds. The van der Waals surface area contributed by atoms with E-state index in [0.717, 1.165) is 31.5 Å². The van der Waals surface area contributed by atoms with Gasteiger partial charge in [0.15, 0.2) is 11.6 Å². The Balaban J connectivity index is 1.49. The van der Waals surface area contributed by atoms with Gasteiger partial charge in [0.2, 0.25) is 0 Å². The Morgan fingerprint density at radius 1 is 1.19 bits per heavy atom. The van der Waals surface area contributed by atoms with Crippen molar-refractivity contribution >= 4 is 40.4 Å². The smallest absolute Gasteiger partial charge is 0.167 e. The van der Waals surface area contributed by atoms with E-state index in [9.17, 15) is 4.39 Å². The standard InChI is InChI=1S/C27H31Cl2FN6O/c1-15(2)35-12-27(4)13-36(14-27)24-6-5-17(9-34-24)26(32)18-7-23(21(30)8-22(18)31)37-16(3)25-19(28)10-33-11-20(25)29/h5-11,15-16,32,35H,12-14,31H2,1-4H3/t16-/m1/s1. The molecule has 3 aromatic rings. The van der Waals surface area contributed by atoms with Crippen molar-refractivity contribution in [2.24, 2.45) is 5.41 Å². The van der Waals surface area contributed by atoms with Crippen LogP contribution in [-0.2, 0) is 0 Å². The van der Waals surface area contributed by atoms with Crippen LogP contribution in [0.5, 0.6) is 5.75 Å². The summed E-state index contributed by atoms with van der Waals surface area (Å²) < 4.78 is 20.6. The van der Waals surface area contributed by atoms with Gasteiger partial charge in [0.1, 0.15) is 11.9 Å². The zero-order valence-electron chi connectivity index (χ0n) is 21.3. The van der Waals surface area contributed by atoms with Gasteiger partial charge in [0.05, 0.1) is 15.8 Å². The molecule has 1 aliphatic heterocycles. The van der Waals surface area contributed by atoms with Gasteiger partial charge in [-0.05, 0) is 25.1 Å². The van der Waals surface area contributed by atoms with E-state index in [0.29, 0.717) is 32.8 Å². The van der Waals surface area contributed by atoms with E-state index in [-0.39, 0.29) is 22.6 Å². The molecule has 1 fully saturated rings. The predicted octanol–water partition coefficient (Wildman–Crippen LogP) is 5.89. The van der Waals surface area contributed by atoms with Crippen molar-refractivity contribution in [3.63, 3.8) is 0 Å². The number of anilines is 2. The van der Waals surface area contributed by atoms with Crippen LogP contribution in [0.15, 0.2) is 42.9 Å². The van der Waals surface area contributed by atoms with E-state index in [2.05, 4.69) is 41.0 Å². The second-order valence-corrected chi connectivity index (χ2v) is 10.9. The van der Waals surface area contributed by atoms with E-state index < -0.39 is 11.9 Å². The van der Waals surface area contributed by atoms with Gasteiger partial charge in [-0.15, -0.1) is 0 Å². The molecule has 37 heavy (non-hydrogen) atoms. The van der Waals surface area contributed by atoms with Crippen LogP contribution in [-0.4, -0.2) is 41.4 Å². The average molecular weight is 545 g/mol. The minimum atomic E-state index is -0.665. The van der Waals surface area contributed by atoms with Gasteiger partial charge in [-0.25, -0.2) is 9.37 Å². The van der Waals surface area contributed by atoms with E-state index in [1.165, 1.54) is 18.5 Å². The van der Waals surface area contributed by atoms with Crippen LogP contribution < -0.4 is 20.7 Å². The first kappa shape index (κ1) is 27.1. The summed E-state index contributed by atoms with van der Waals surface area (Å²) in [5.74, 6) is 0.142. The predicted molar refractivity (Wildman–Crippen MR) is 148 cm³/mol. The largest absolute Gasteiger partial charge is 0.483 e. The van der Waals surface area contributed by atoms with Crippen molar-refractivity contribution < 1.29 is 9.13 Å². The lowest BCUT2D eigenvalue weighted by molar-refractivity contribution is 0.216. The molecular formula is C27H31Cl2FN6O. The van der Waals surface area contributed by atoms with Crippen LogP contribution in [0.1, 0.15) is 50.5 Å². The van der Waals surface area contributed by atoms with Gasteiger partial charge >= 0.3 is 0 Å². The molecule has 2 aromatic heterocycles. The normalized spacial score (nSPS) is 15.4. The molecule has 4 rings (SSSR count). The van der Waals surface area contributed by atoms with Gasteiger partial charge in [-0.2, -0.15) is 0 Å². The number of nitrogens with zero attached hydrogens (tertiary/aromatic N) is 3. The number of benzene rings is 1. The summed E-state index contributed by atoms with van der Waals surface area (Å²) >= 11 is 12.4. The van der Waals surface area contributed by atoms with Crippen LogP contribution in [0.2, 0.25) is 10.0 Å². The average Bonchev–Trinajstić information content (AvgIpc) is 2.82. The van der Waals surface area contributed by atoms with E-state index in [1.807, 2.05) is 12.1 Å². The first-order valence-electron chi connectivity index (χ1n) is 12.1. The highest BCUT2D eigenvalue weighted by Crippen LogP contribution is 2.35. The molecule has 3 heterocycles. The monoisotopic (exact) mass is 544 g/mol. The van der Waals surface area contributed by atoms with Crippen molar-refractivity contribution in [2.75, 3.05) is 30.3 Å². The van der Waals surface area contributed by atoms with E-state index in [1.54, 1.807) is 13.1 Å². The maximum atomic E-state index is 14.7. The highest BCUT2D eigenvalue weighted by Gasteiger charge is 2.39. The second kappa shape index (κ2) is 10.8. The fourth-order valence-corrected chi connectivity index (χ4v) is 5.08. The molecule has 1 saturated heterocycles. The Hall–Kier alpha value is -2.94. The Morgan fingerprint density at radius 3 is 2.46 bits per heavy atom. The van der Waals surface area contributed by atoms with Crippen LogP contribution in [0.25, 0.3) is 0 Å². The quantitative estimate of drug-likeness (QED) is 0.229. The molecule has 4 N–H and O–H groups in total. The fourth-order valence-electron chi connectivity index (χ4n) is 4.41. The van der Waals surface area contributed by atoms with Gasteiger partial charge < -0.3 is 20.7 Å². The molecule has 0 spiro atoms. The summed E-state index contributed by atoms with van der Waals surface area (Å²) in [4.78, 5) is 10.7. The Bertz CT molecular complexity index is 1270. The molecule has 10 heteroatoms. The maximum Gasteiger partial charge on any atom is 0.167 e. The molecule has 0 radical (unpaired) electrons. The molecule has 1 aliphatic rings. The lowest BCUT2D eigenvalue weighted by atomic mass is 9.81. The number of hydrogen-bond acceptors (Lipinski definition) is 7. The van der Waals surface area contributed by atoms with E-state index in [4.69, 9.17) is 39.1 Å². The molecule has 196 valence electrons. The molecule has 0 unspecified atom stereocenters. The third kappa shape index (κ3) is 5.98. The van der Waals surface area contributed by atoms with Gasteiger partial charge in [-0.3, -0.25) is 10.4 Å². The van der Waals surface area contributed by atoms with Crippen LogP contribution in [0.3, 0.4) is 0 Å². The summed E-state index contributed by atoms with van der Waals surface area (Å²) in [6.45, 7) is 11.0. The first-order valence-corrected chi connectivity index (χ1v) is 12.8. The minimum absolute atomic E-state index is 0.0650. The summed E-state index contributed by atoms with van der Waals surface area (Å²) in [5, 5.41) is 12.8. The SMILES string of the molecule is CC(C)NCC1(C)CN(c2ccc(C(=N)c3cc(O[C@H](C)c4c(Cl)cncc4Cl)c(F)cc3N)cn2)C1. The number of halogens is 3. The van der Waals surface area contributed by atoms with Crippen LogP contribution in [0.4, 0.5) is 15.9 Å². The van der Waals surface area contributed by atoms with Crippen molar-refractivity contribution in [3.8, 4) is 5.75 Å². The van der Waals surface area contributed by atoms with Crippen molar-refractivity contribution in [3.05, 3.63) is 75.4 Å². The number of ether oxygens (including phenoxy) is 1. The number of aromatic nitrogens is 2. The van der Waals surface area contributed by atoms with Crippen molar-refractivity contribution in [2.45, 2.75) is 39.8 Å². The molecule has 0 bridgehead atoms. The second-order valence-electron chi connectivity index (χ2n) is 10.1. The summed E-state index contributed by atoms with van der Waals surface area (Å²) in [7, 11) is 0. The molecule has 1 atom stereocenters. The van der Waals surface area contributed by atoms with Gasteiger partial charge in [-0.1, -0.05) is 44.0 Å². The number of nitrogens with one attached hydrogen (secondary N) is 2. The minimum Gasteiger partial charge on any atom is -0.483 e. The summed E-state index contributed by atoms with van der Waals surface area (Å²) in [5.41, 5.74) is 7.92. The molecule has 1 aromatic carbocycles. The Morgan fingerprint density at radius 2 is 1.86 bits per heavy atom. The highest BCUT2D eigenvalue weighted by atomic mass is 35.5. The highest BCUT2D eigenvalue weighted by molar-refractivity contribution is 6.35. The topological polar surface area (TPSA) is 100 Å². The maximum absolute atomic E-state index is 14.7. The number of nitrogen functional groups attached to an aromatic ring is 1. The lowest BCUT2D eigenvalue weighted by Gasteiger charge is -2.49. The Kier molecular flexibility index (Phi) is 7.92. The van der Waals surface area contributed by atoms with Gasteiger partial charge in [0.25, 0.3) is 0 Å². The van der Waals surface area contributed by atoms with E-state index >= 15 is 0 Å². The van der Waals surface area contributed by atoms with Crippen LogP contribution in [0, 0.1) is 16.6 Å². The number of hydrogen-bond donors (Lipinski definition) is 3.